The number of rotatable bonds is 1. The number of carbonyl (C=O) groups excluding carboxylic acids is 1. The number of hydrogen-bond acceptors (Lipinski definition) is 1. The highest BCUT2D eigenvalue weighted by molar-refractivity contribution is 5.62. The quantitative estimate of drug-likeness (QED) is 0.561. The topological polar surface area (TPSA) is 17.1 Å². The van der Waals surface area contributed by atoms with E-state index in [9.17, 15) is 4.79 Å². The lowest BCUT2D eigenvalue weighted by Crippen LogP contribution is -2.66. The van der Waals surface area contributed by atoms with E-state index in [1.54, 1.807) is 0 Å². The lowest BCUT2D eigenvalue weighted by atomic mass is 9.29. The van der Waals surface area contributed by atoms with Crippen LogP contribution in [-0.2, 0) is 4.79 Å². The third kappa shape index (κ3) is 0.628. The summed E-state index contributed by atoms with van der Waals surface area (Å²) in [5, 5.41) is 0. The molecule has 7 saturated carbocycles. The molecule has 13 heavy (non-hydrogen) atoms. The SMILES string of the molecule is O=CC12CC3CC4(C1)CC(C3)(C2)C4. The molecule has 7 aliphatic carbocycles. The van der Waals surface area contributed by atoms with Gasteiger partial charge in [-0.25, -0.2) is 0 Å². The predicted octanol–water partition coefficient (Wildman–Crippen LogP) is 2.55. The third-order valence-electron chi connectivity index (χ3n) is 5.34. The molecule has 1 heteroatoms. The van der Waals surface area contributed by atoms with Crippen molar-refractivity contribution in [2.24, 2.45) is 22.2 Å². The van der Waals surface area contributed by atoms with Crippen molar-refractivity contribution in [1.82, 2.24) is 0 Å². The molecule has 70 valence electrons. The predicted molar refractivity (Wildman–Crippen MR) is 49.2 cm³/mol. The molecule has 0 saturated heterocycles. The van der Waals surface area contributed by atoms with Gasteiger partial charge in [-0.05, 0) is 61.7 Å². The number of aldehydes is 1. The minimum atomic E-state index is 0.164. The second-order valence-electron chi connectivity index (χ2n) is 6.67. The van der Waals surface area contributed by atoms with Crippen LogP contribution in [0.4, 0.5) is 0 Å². The summed E-state index contributed by atoms with van der Waals surface area (Å²) in [6.07, 6.45) is 10.9. The second kappa shape index (κ2) is 1.62. The van der Waals surface area contributed by atoms with Gasteiger partial charge in [0.1, 0.15) is 6.29 Å². The van der Waals surface area contributed by atoms with Gasteiger partial charge in [0.05, 0.1) is 0 Å². The summed E-state index contributed by atoms with van der Waals surface area (Å²) in [7, 11) is 0. The number of carbonyl (C=O) groups is 1. The van der Waals surface area contributed by atoms with Crippen LogP contribution in [-0.4, -0.2) is 6.29 Å². The second-order valence-corrected chi connectivity index (χ2v) is 6.67. The monoisotopic (exact) mass is 176 g/mol. The van der Waals surface area contributed by atoms with Gasteiger partial charge in [-0.1, -0.05) is 0 Å². The van der Waals surface area contributed by atoms with Crippen LogP contribution in [0.1, 0.15) is 44.9 Å². The molecule has 4 bridgehead atoms. The van der Waals surface area contributed by atoms with Crippen LogP contribution >= 0.6 is 0 Å². The van der Waals surface area contributed by atoms with Crippen molar-refractivity contribution in [2.75, 3.05) is 0 Å². The van der Waals surface area contributed by atoms with Gasteiger partial charge in [0.2, 0.25) is 0 Å². The molecule has 0 amide bonds. The van der Waals surface area contributed by atoms with E-state index in [4.69, 9.17) is 0 Å². The fourth-order valence-electron chi connectivity index (χ4n) is 6.07. The van der Waals surface area contributed by atoms with Gasteiger partial charge in [-0.2, -0.15) is 0 Å². The molecular weight excluding hydrogens is 160 g/mol. The van der Waals surface area contributed by atoms with E-state index in [0.29, 0.717) is 10.8 Å². The summed E-state index contributed by atoms with van der Waals surface area (Å²) in [4.78, 5) is 11.2. The molecule has 0 heterocycles. The molecule has 7 aliphatic rings. The molecule has 2 spiro atoms. The summed E-state index contributed by atoms with van der Waals surface area (Å²) < 4.78 is 0. The highest BCUT2D eigenvalue weighted by Crippen LogP contribution is 2.80. The van der Waals surface area contributed by atoms with Crippen LogP contribution in [0.15, 0.2) is 0 Å². The average Bonchev–Trinajstić information content (AvgIpc) is 1.98. The summed E-state index contributed by atoms with van der Waals surface area (Å²) >= 11 is 0. The highest BCUT2D eigenvalue weighted by atomic mass is 16.1. The first-order chi connectivity index (χ1) is 6.17. The molecule has 0 atom stereocenters. The Morgan fingerprint density at radius 2 is 1.54 bits per heavy atom. The molecule has 0 aromatic carbocycles. The lowest BCUT2D eigenvalue weighted by Gasteiger charge is -2.75. The van der Waals surface area contributed by atoms with E-state index in [1.165, 1.54) is 51.2 Å². The molecule has 0 aromatic rings. The van der Waals surface area contributed by atoms with Crippen molar-refractivity contribution < 1.29 is 4.79 Å². The van der Waals surface area contributed by atoms with E-state index in [0.717, 1.165) is 5.92 Å². The Morgan fingerprint density at radius 1 is 0.923 bits per heavy atom. The van der Waals surface area contributed by atoms with Crippen LogP contribution in [0.25, 0.3) is 0 Å². The Bertz CT molecular complexity index is 267. The molecule has 0 aliphatic heterocycles. The van der Waals surface area contributed by atoms with Crippen LogP contribution in [0, 0.1) is 22.2 Å². The Kier molecular flexibility index (Phi) is 0.874. The van der Waals surface area contributed by atoms with Crippen LogP contribution < -0.4 is 0 Å². The van der Waals surface area contributed by atoms with Crippen molar-refractivity contribution in [1.29, 1.82) is 0 Å². The summed E-state index contributed by atoms with van der Waals surface area (Å²) in [5.41, 5.74) is 1.50. The maximum atomic E-state index is 11.2. The first-order valence-electron chi connectivity index (χ1n) is 5.64. The Labute approximate surface area is 78.9 Å². The van der Waals surface area contributed by atoms with Crippen molar-refractivity contribution in [3.05, 3.63) is 0 Å². The summed E-state index contributed by atoms with van der Waals surface area (Å²) in [6.45, 7) is 0. The van der Waals surface area contributed by atoms with E-state index in [1.807, 2.05) is 0 Å². The van der Waals surface area contributed by atoms with Crippen molar-refractivity contribution in [3.63, 3.8) is 0 Å². The highest BCUT2D eigenvalue weighted by Gasteiger charge is 2.71. The Balaban J connectivity index is 1.86. The van der Waals surface area contributed by atoms with Crippen molar-refractivity contribution in [2.45, 2.75) is 44.9 Å². The minimum absolute atomic E-state index is 0.164. The summed E-state index contributed by atoms with van der Waals surface area (Å²) in [6, 6.07) is 0. The standard InChI is InChI=1S/C12H16O/c13-8-12-3-9-1-10(6-12)4-11(2-9,5-10)7-12/h8-9H,1-7H2. The van der Waals surface area contributed by atoms with Crippen LogP contribution in [0.5, 0.6) is 0 Å². The first-order valence-corrected chi connectivity index (χ1v) is 5.64. The van der Waals surface area contributed by atoms with E-state index < -0.39 is 0 Å². The van der Waals surface area contributed by atoms with Crippen molar-refractivity contribution in [3.8, 4) is 0 Å². The van der Waals surface area contributed by atoms with Gasteiger partial charge in [0.15, 0.2) is 0 Å². The molecule has 0 unspecified atom stereocenters. The van der Waals surface area contributed by atoms with Crippen LogP contribution in [0.3, 0.4) is 0 Å². The molecule has 0 aromatic heterocycles. The van der Waals surface area contributed by atoms with E-state index in [2.05, 4.69) is 0 Å². The van der Waals surface area contributed by atoms with Gasteiger partial charge in [0.25, 0.3) is 0 Å². The zero-order valence-corrected chi connectivity index (χ0v) is 8.01. The maximum absolute atomic E-state index is 11.2. The Hall–Kier alpha value is -0.330. The van der Waals surface area contributed by atoms with Gasteiger partial charge >= 0.3 is 0 Å². The van der Waals surface area contributed by atoms with E-state index >= 15 is 0 Å². The summed E-state index contributed by atoms with van der Waals surface area (Å²) in [5.74, 6) is 0.926. The van der Waals surface area contributed by atoms with Gasteiger partial charge in [0, 0.05) is 5.41 Å². The van der Waals surface area contributed by atoms with Gasteiger partial charge in [-0.3, -0.25) is 0 Å². The number of hydrogen-bond donors (Lipinski definition) is 0. The van der Waals surface area contributed by atoms with Crippen molar-refractivity contribution >= 4 is 6.29 Å². The molecular formula is C12H16O. The minimum Gasteiger partial charge on any atom is -0.303 e. The largest absolute Gasteiger partial charge is 0.303 e. The smallest absolute Gasteiger partial charge is 0.126 e. The zero-order chi connectivity index (χ0) is 8.73. The molecule has 1 nitrogen and oxygen atoms in total. The average molecular weight is 176 g/mol. The van der Waals surface area contributed by atoms with Gasteiger partial charge < -0.3 is 4.79 Å². The maximum Gasteiger partial charge on any atom is 0.126 e. The fourth-order valence-corrected chi connectivity index (χ4v) is 6.07. The Morgan fingerprint density at radius 3 is 2.00 bits per heavy atom. The molecule has 0 radical (unpaired) electrons. The fraction of sp³-hybridized carbons (Fsp3) is 0.917. The normalized spacial score (nSPS) is 66.3. The molecule has 0 N–H and O–H groups in total. The zero-order valence-electron chi connectivity index (χ0n) is 8.01. The van der Waals surface area contributed by atoms with E-state index in [-0.39, 0.29) is 5.41 Å². The van der Waals surface area contributed by atoms with Gasteiger partial charge in [-0.15, -0.1) is 0 Å². The lowest BCUT2D eigenvalue weighted by molar-refractivity contribution is -0.246. The third-order valence-corrected chi connectivity index (χ3v) is 5.34. The van der Waals surface area contributed by atoms with Crippen LogP contribution in [0.2, 0.25) is 0 Å². The molecule has 7 fully saturated rings. The molecule has 7 rings (SSSR count). The first kappa shape index (κ1) is 7.03.